The summed E-state index contributed by atoms with van der Waals surface area (Å²) >= 11 is 7.70. The van der Waals surface area contributed by atoms with Crippen LogP contribution in [0.1, 0.15) is 21.6 Å². The molecule has 0 spiro atoms. The van der Waals surface area contributed by atoms with Crippen molar-refractivity contribution >= 4 is 35.1 Å². The third kappa shape index (κ3) is 3.15. The SMILES string of the molecule is O=C(Nc1c2c(nn1-c1ccc(Cl)cc1)CSC2)c1cccc(F)c1. The van der Waals surface area contributed by atoms with Crippen LogP contribution in [0.15, 0.2) is 48.5 Å². The van der Waals surface area contributed by atoms with Crippen LogP contribution < -0.4 is 5.32 Å². The topological polar surface area (TPSA) is 46.9 Å². The molecule has 1 aliphatic rings. The predicted octanol–water partition coefficient (Wildman–Crippen LogP) is 4.66. The van der Waals surface area contributed by atoms with E-state index in [-0.39, 0.29) is 11.5 Å². The number of halogens is 2. The highest BCUT2D eigenvalue weighted by atomic mass is 35.5. The van der Waals surface area contributed by atoms with Gasteiger partial charge in [-0.1, -0.05) is 17.7 Å². The Morgan fingerprint density at radius 2 is 2.00 bits per heavy atom. The minimum atomic E-state index is -0.445. The van der Waals surface area contributed by atoms with Gasteiger partial charge in [0.2, 0.25) is 0 Å². The van der Waals surface area contributed by atoms with Crippen molar-refractivity contribution in [3.8, 4) is 5.69 Å². The highest BCUT2D eigenvalue weighted by Crippen LogP contribution is 2.36. The second kappa shape index (κ2) is 6.54. The molecule has 4 nitrogen and oxygen atoms in total. The van der Waals surface area contributed by atoms with E-state index in [0.717, 1.165) is 28.5 Å². The quantitative estimate of drug-likeness (QED) is 0.726. The number of thioether (sulfide) groups is 1. The van der Waals surface area contributed by atoms with E-state index in [4.69, 9.17) is 11.6 Å². The van der Waals surface area contributed by atoms with Gasteiger partial charge < -0.3 is 5.32 Å². The monoisotopic (exact) mass is 373 g/mol. The molecule has 126 valence electrons. The molecule has 1 aromatic heterocycles. The maximum atomic E-state index is 13.4. The average molecular weight is 374 g/mol. The first-order valence-electron chi connectivity index (χ1n) is 7.63. The lowest BCUT2D eigenvalue weighted by Crippen LogP contribution is -2.16. The van der Waals surface area contributed by atoms with Crippen LogP contribution in [0.2, 0.25) is 5.02 Å². The first-order chi connectivity index (χ1) is 12.1. The van der Waals surface area contributed by atoms with Crippen LogP contribution >= 0.6 is 23.4 Å². The Labute approximate surface area is 153 Å². The molecule has 0 saturated carbocycles. The molecule has 2 heterocycles. The number of fused-ring (bicyclic) bond motifs is 1. The molecule has 1 aliphatic heterocycles. The zero-order chi connectivity index (χ0) is 17.4. The highest BCUT2D eigenvalue weighted by Gasteiger charge is 2.25. The van der Waals surface area contributed by atoms with Gasteiger partial charge in [0.25, 0.3) is 5.91 Å². The number of nitrogens with zero attached hydrogens (tertiary/aromatic N) is 2. The van der Waals surface area contributed by atoms with Gasteiger partial charge in [-0.15, -0.1) is 0 Å². The van der Waals surface area contributed by atoms with E-state index in [1.807, 2.05) is 12.1 Å². The Hall–Kier alpha value is -2.31. The first-order valence-corrected chi connectivity index (χ1v) is 9.16. The lowest BCUT2D eigenvalue weighted by Gasteiger charge is -2.11. The summed E-state index contributed by atoms with van der Waals surface area (Å²) in [6.07, 6.45) is 0. The van der Waals surface area contributed by atoms with Crippen molar-refractivity contribution in [2.45, 2.75) is 11.5 Å². The number of nitrogens with one attached hydrogen (secondary N) is 1. The number of aromatic nitrogens is 2. The molecule has 0 aliphatic carbocycles. The van der Waals surface area contributed by atoms with Gasteiger partial charge in [0.15, 0.2) is 0 Å². The fourth-order valence-electron chi connectivity index (χ4n) is 2.72. The van der Waals surface area contributed by atoms with Gasteiger partial charge in [0.05, 0.1) is 11.4 Å². The van der Waals surface area contributed by atoms with Gasteiger partial charge in [0, 0.05) is 27.7 Å². The summed E-state index contributed by atoms with van der Waals surface area (Å²) in [4.78, 5) is 12.6. The number of hydrogen-bond donors (Lipinski definition) is 1. The molecule has 1 amide bonds. The fraction of sp³-hybridized carbons (Fsp3) is 0.111. The van der Waals surface area contributed by atoms with Crippen LogP contribution in [-0.4, -0.2) is 15.7 Å². The van der Waals surface area contributed by atoms with Gasteiger partial charge in [-0.3, -0.25) is 4.79 Å². The number of hydrogen-bond acceptors (Lipinski definition) is 3. The molecule has 0 atom stereocenters. The molecule has 1 N–H and O–H groups in total. The second-order valence-corrected chi connectivity index (χ2v) is 7.04. The van der Waals surface area contributed by atoms with E-state index in [1.54, 1.807) is 34.6 Å². The highest BCUT2D eigenvalue weighted by molar-refractivity contribution is 7.98. The van der Waals surface area contributed by atoms with Crippen molar-refractivity contribution in [3.05, 3.63) is 76.2 Å². The molecule has 2 aromatic carbocycles. The zero-order valence-electron chi connectivity index (χ0n) is 13.0. The lowest BCUT2D eigenvalue weighted by atomic mass is 10.2. The van der Waals surface area contributed by atoms with E-state index in [0.29, 0.717) is 10.8 Å². The Bertz CT molecular complexity index is 955. The van der Waals surface area contributed by atoms with Crippen LogP contribution in [0.4, 0.5) is 10.2 Å². The minimum absolute atomic E-state index is 0.267. The minimum Gasteiger partial charge on any atom is -0.306 e. The summed E-state index contributed by atoms with van der Waals surface area (Å²) in [5, 5.41) is 8.14. The molecule has 3 aromatic rings. The summed E-state index contributed by atoms with van der Waals surface area (Å²) in [5.74, 6) is 1.39. The maximum absolute atomic E-state index is 13.4. The second-order valence-electron chi connectivity index (χ2n) is 5.62. The smallest absolute Gasteiger partial charge is 0.256 e. The van der Waals surface area contributed by atoms with Crippen molar-refractivity contribution < 1.29 is 9.18 Å². The molecule has 7 heteroatoms. The van der Waals surface area contributed by atoms with Gasteiger partial charge in [-0.25, -0.2) is 9.07 Å². The molecule has 25 heavy (non-hydrogen) atoms. The summed E-state index contributed by atoms with van der Waals surface area (Å²) in [5.41, 5.74) is 3.03. The van der Waals surface area contributed by atoms with E-state index >= 15 is 0 Å². The third-order valence-electron chi connectivity index (χ3n) is 3.94. The van der Waals surface area contributed by atoms with Crippen molar-refractivity contribution in [1.82, 2.24) is 9.78 Å². The summed E-state index contributed by atoms with van der Waals surface area (Å²) < 4.78 is 15.1. The van der Waals surface area contributed by atoms with E-state index in [1.165, 1.54) is 18.2 Å². The standard InChI is InChI=1S/C18H13ClFN3OS/c19-12-4-6-14(7-5-12)23-17(15-9-25-10-16(15)22-23)21-18(24)11-2-1-3-13(20)8-11/h1-8H,9-10H2,(H,21,24). The average Bonchev–Trinajstić information content (AvgIpc) is 3.18. The number of carbonyl (C=O) groups is 1. The van der Waals surface area contributed by atoms with E-state index in [9.17, 15) is 9.18 Å². The molecule has 0 saturated heterocycles. The zero-order valence-corrected chi connectivity index (χ0v) is 14.6. The van der Waals surface area contributed by atoms with Gasteiger partial charge in [-0.05, 0) is 42.5 Å². The molecule has 4 rings (SSSR count). The predicted molar refractivity (Wildman–Crippen MR) is 97.9 cm³/mol. The van der Waals surface area contributed by atoms with Crippen LogP contribution in [0.3, 0.4) is 0 Å². The molecule has 0 radical (unpaired) electrons. The molecule has 0 bridgehead atoms. The van der Waals surface area contributed by atoms with E-state index < -0.39 is 5.82 Å². The van der Waals surface area contributed by atoms with Crippen molar-refractivity contribution in [2.75, 3.05) is 5.32 Å². The van der Waals surface area contributed by atoms with Crippen molar-refractivity contribution in [1.29, 1.82) is 0 Å². The van der Waals surface area contributed by atoms with Crippen molar-refractivity contribution in [2.24, 2.45) is 0 Å². The van der Waals surface area contributed by atoms with Crippen LogP contribution in [-0.2, 0) is 11.5 Å². The number of anilines is 1. The number of benzene rings is 2. The van der Waals surface area contributed by atoms with Crippen LogP contribution in [0, 0.1) is 5.82 Å². The molecular formula is C18H13ClFN3OS. The Morgan fingerprint density at radius 1 is 1.20 bits per heavy atom. The normalized spacial score (nSPS) is 12.9. The first kappa shape index (κ1) is 16.2. The van der Waals surface area contributed by atoms with Gasteiger partial charge >= 0.3 is 0 Å². The summed E-state index contributed by atoms with van der Waals surface area (Å²) in [7, 11) is 0. The summed E-state index contributed by atoms with van der Waals surface area (Å²) in [6.45, 7) is 0. The van der Waals surface area contributed by atoms with Crippen LogP contribution in [0.25, 0.3) is 5.69 Å². The van der Waals surface area contributed by atoms with Crippen LogP contribution in [0.5, 0.6) is 0 Å². The third-order valence-corrected chi connectivity index (χ3v) is 5.16. The molecular weight excluding hydrogens is 361 g/mol. The lowest BCUT2D eigenvalue weighted by molar-refractivity contribution is 0.102. The van der Waals surface area contributed by atoms with Gasteiger partial charge in [0.1, 0.15) is 11.6 Å². The molecule has 0 fully saturated rings. The Kier molecular flexibility index (Phi) is 4.23. The largest absolute Gasteiger partial charge is 0.306 e. The number of amides is 1. The van der Waals surface area contributed by atoms with Gasteiger partial charge in [-0.2, -0.15) is 16.9 Å². The molecule has 0 unspecified atom stereocenters. The number of rotatable bonds is 3. The fourth-order valence-corrected chi connectivity index (χ4v) is 3.88. The maximum Gasteiger partial charge on any atom is 0.256 e. The number of carbonyl (C=O) groups excluding carboxylic acids is 1. The van der Waals surface area contributed by atoms with E-state index in [2.05, 4.69) is 10.4 Å². The Morgan fingerprint density at radius 3 is 2.76 bits per heavy atom. The Balaban J connectivity index is 1.73. The summed E-state index contributed by atoms with van der Waals surface area (Å²) in [6, 6.07) is 12.9. The van der Waals surface area contributed by atoms with Crippen molar-refractivity contribution in [3.63, 3.8) is 0 Å².